The van der Waals surface area contributed by atoms with Gasteiger partial charge in [-0.1, -0.05) is 0 Å². The molecule has 0 bridgehead atoms. The first kappa shape index (κ1) is 15.1. The van der Waals surface area contributed by atoms with Gasteiger partial charge in [-0.2, -0.15) is 0 Å². The zero-order valence-electron chi connectivity index (χ0n) is 12.5. The Labute approximate surface area is 134 Å². The molecule has 21 heavy (non-hydrogen) atoms. The fraction of sp³-hybridized carbons (Fsp3) is 0.667. The minimum absolute atomic E-state index is 0.0433. The van der Waals surface area contributed by atoms with Crippen LogP contribution in [0.3, 0.4) is 0 Å². The van der Waals surface area contributed by atoms with Crippen LogP contribution in [-0.4, -0.2) is 66.6 Å². The number of amides is 1. The molecule has 1 aliphatic heterocycles. The topological polar surface area (TPSA) is 40.5 Å². The largest absolute Gasteiger partial charge is 0.349 e. The van der Waals surface area contributed by atoms with Gasteiger partial charge >= 0.3 is 0 Å². The highest BCUT2D eigenvalue weighted by molar-refractivity contribution is 9.10. The van der Waals surface area contributed by atoms with Gasteiger partial charge in [-0.15, -0.1) is 0 Å². The summed E-state index contributed by atoms with van der Waals surface area (Å²) in [5.41, 5.74) is 0.780. The third-order valence-corrected chi connectivity index (χ3v) is 4.73. The molecule has 1 aliphatic carbocycles. The SMILES string of the molecule is CN1CCN(CCNC(=O)c2cc(Br)cn2C2CC2)CC1. The summed E-state index contributed by atoms with van der Waals surface area (Å²) in [6.07, 6.45) is 4.39. The number of nitrogens with one attached hydrogen (secondary N) is 1. The first-order valence-corrected chi connectivity index (χ1v) is 8.49. The number of likely N-dealkylation sites (N-methyl/N-ethyl adjacent to an activating group) is 1. The van der Waals surface area contributed by atoms with Gasteiger partial charge in [-0.05, 0) is 41.9 Å². The van der Waals surface area contributed by atoms with Crippen LogP contribution in [-0.2, 0) is 0 Å². The van der Waals surface area contributed by atoms with E-state index < -0.39 is 0 Å². The lowest BCUT2D eigenvalue weighted by Crippen LogP contribution is -2.47. The van der Waals surface area contributed by atoms with Crippen LogP contribution < -0.4 is 5.32 Å². The molecule has 1 saturated carbocycles. The summed E-state index contributed by atoms with van der Waals surface area (Å²) in [6.45, 7) is 6.07. The summed E-state index contributed by atoms with van der Waals surface area (Å²) in [5.74, 6) is 0.0433. The van der Waals surface area contributed by atoms with Crippen LogP contribution >= 0.6 is 15.9 Å². The molecule has 6 heteroatoms. The molecule has 3 rings (SSSR count). The first-order chi connectivity index (χ1) is 10.1. The van der Waals surface area contributed by atoms with E-state index in [4.69, 9.17) is 0 Å². The molecule has 2 aliphatic rings. The summed E-state index contributed by atoms with van der Waals surface area (Å²) >= 11 is 3.47. The van der Waals surface area contributed by atoms with E-state index in [0.717, 1.165) is 49.4 Å². The van der Waals surface area contributed by atoms with E-state index in [9.17, 15) is 4.79 Å². The fourth-order valence-electron chi connectivity index (χ4n) is 2.77. The Morgan fingerprint density at radius 2 is 2.05 bits per heavy atom. The third kappa shape index (κ3) is 3.87. The Hall–Kier alpha value is -0.850. The van der Waals surface area contributed by atoms with Gasteiger partial charge in [-0.3, -0.25) is 9.69 Å². The number of hydrogen-bond acceptors (Lipinski definition) is 3. The van der Waals surface area contributed by atoms with Crippen molar-refractivity contribution in [1.82, 2.24) is 19.7 Å². The van der Waals surface area contributed by atoms with Crippen LogP contribution in [0.5, 0.6) is 0 Å². The number of carbonyl (C=O) groups excluding carboxylic acids is 1. The second-order valence-corrected chi connectivity index (χ2v) is 7.00. The number of rotatable bonds is 5. The number of piperazine rings is 1. The highest BCUT2D eigenvalue weighted by Gasteiger charge is 2.27. The summed E-state index contributed by atoms with van der Waals surface area (Å²) in [7, 11) is 2.16. The summed E-state index contributed by atoms with van der Waals surface area (Å²) in [6, 6.07) is 2.44. The molecule has 2 heterocycles. The molecule has 0 aromatic carbocycles. The third-order valence-electron chi connectivity index (χ3n) is 4.30. The van der Waals surface area contributed by atoms with Crippen molar-refractivity contribution in [3.05, 3.63) is 22.4 Å². The molecule has 0 unspecified atom stereocenters. The summed E-state index contributed by atoms with van der Waals surface area (Å²) in [5, 5.41) is 3.06. The highest BCUT2D eigenvalue weighted by atomic mass is 79.9. The Morgan fingerprint density at radius 1 is 1.33 bits per heavy atom. The summed E-state index contributed by atoms with van der Waals surface area (Å²) < 4.78 is 3.09. The van der Waals surface area contributed by atoms with Gasteiger partial charge in [0.15, 0.2) is 0 Å². The number of carbonyl (C=O) groups is 1. The quantitative estimate of drug-likeness (QED) is 0.872. The molecule has 1 aromatic heterocycles. The van der Waals surface area contributed by atoms with Gasteiger partial charge in [0.05, 0.1) is 0 Å². The minimum Gasteiger partial charge on any atom is -0.349 e. The molecule has 1 aromatic rings. The standard InChI is InChI=1S/C15H23BrN4O/c1-18-6-8-19(9-7-18)5-4-17-15(21)14-10-12(16)11-20(14)13-2-3-13/h10-11,13H,2-9H2,1H3,(H,17,21). The van der Waals surface area contributed by atoms with Gasteiger partial charge in [0.1, 0.15) is 5.69 Å². The van der Waals surface area contributed by atoms with Crippen molar-refractivity contribution in [2.75, 3.05) is 46.3 Å². The maximum Gasteiger partial charge on any atom is 0.268 e. The second-order valence-electron chi connectivity index (χ2n) is 6.08. The average Bonchev–Trinajstić information content (AvgIpc) is 3.23. The molecule has 2 fully saturated rings. The maximum absolute atomic E-state index is 12.3. The molecular formula is C15H23BrN4O. The molecular weight excluding hydrogens is 332 g/mol. The molecule has 1 saturated heterocycles. The minimum atomic E-state index is 0.0433. The van der Waals surface area contributed by atoms with Gasteiger partial charge in [0.2, 0.25) is 0 Å². The molecule has 0 radical (unpaired) electrons. The van der Waals surface area contributed by atoms with E-state index >= 15 is 0 Å². The van der Waals surface area contributed by atoms with Crippen molar-refractivity contribution in [2.45, 2.75) is 18.9 Å². The van der Waals surface area contributed by atoms with E-state index in [1.807, 2.05) is 12.3 Å². The monoisotopic (exact) mass is 354 g/mol. The van der Waals surface area contributed by atoms with Crippen molar-refractivity contribution >= 4 is 21.8 Å². The van der Waals surface area contributed by atoms with Gasteiger partial charge in [0, 0.05) is 56.0 Å². The Balaban J connectivity index is 1.48. The maximum atomic E-state index is 12.3. The Morgan fingerprint density at radius 3 is 2.71 bits per heavy atom. The van der Waals surface area contributed by atoms with Crippen LogP contribution in [0.1, 0.15) is 29.4 Å². The number of halogens is 1. The van der Waals surface area contributed by atoms with Crippen molar-refractivity contribution in [3.8, 4) is 0 Å². The van der Waals surface area contributed by atoms with E-state index in [-0.39, 0.29) is 5.91 Å². The highest BCUT2D eigenvalue weighted by Crippen LogP contribution is 2.37. The first-order valence-electron chi connectivity index (χ1n) is 7.70. The van der Waals surface area contributed by atoms with Crippen LogP contribution in [0.4, 0.5) is 0 Å². The summed E-state index contributed by atoms with van der Waals surface area (Å²) in [4.78, 5) is 17.1. The van der Waals surface area contributed by atoms with Crippen LogP contribution in [0, 0.1) is 0 Å². The van der Waals surface area contributed by atoms with Crippen molar-refractivity contribution in [2.24, 2.45) is 0 Å². The second kappa shape index (κ2) is 6.50. The zero-order valence-corrected chi connectivity index (χ0v) is 14.1. The number of hydrogen-bond donors (Lipinski definition) is 1. The lowest BCUT2D eigenvalue weighted by Gasteiger charge is -2.32. The van der Waals surface area contributed by atoms with Gasteiger partial charge in [0.25, 0.3) is 5.91 Å². The molecule has 0 spiro atoms. The predicted octanol–water partition coefficient (Wildman–Crippen LogP) is 1.56. The number of aromatic nitrogens is 1. The zero-order chi connectivity index (χ0) is 14.8. The number of nitrogens with zero attached hydrogens (tertiary/aromatic N) is 3. The van der Waals surface area contributed by atoms with Crippen LogP contribution in [0.15, 0.2) is 16.7 Å². The molecule has 1 amide bonds. The van der Waals surface area contributed by atoms with E-state index in [2.05, 4.69) is 42.7 Å². The molecule has 116 valence electrons. The van der Waals surface area contributed by atoms with E-state index in [0.29, 0.717) is 6.04 Å². The van der Waals surface area contributed by atoms with Crippen molar-refractivity contribution < 1.29 is 4.79 Å². The van der Waals surface area contributed by atoms with Crippen molar-refractivity contribution in [3.63, 3.8) is 0 Å². The van der Waals surface area contributed by atoms with E-state index in [1.165, 1.54) is 12.8 Å². The van der Waals surface area contributed by atoms with E-state index in [1.54, 1.807) is 0 Å². The molecule has 0 atom stereocenters. The lowest BCUT2D eigenvalue weighted by molar-refractivity contribution is 0.0931. The molecule has 1 N–H and O–H groups in total. The fourth-order valence-corrected chi connectivity index (χ4v) is 3.21. The van der Waals surface area contributed by atoms with Gasteiger partial charge in [-0.25, -0.2) is 0 Å². The normalized spacial score (nSPS) is 20.7. The Kier molecular flexibility index (Phi) is 4.66. The predicted molar refractivity (Wildman–Crippen MR) is 86.7 cm³/mol. The Bertz CT molecular complexity index is 504. The average molecular weight is 355 g/mol. The van der Waals surface area contributed by atoms with Crippen LogP contribution in [0.2, 0.25) is 0 Å². The van der Waals surface area contributed by atoms with Gasteiger partial charge < -0.3 is 14.8 Å². The molecule has 5 nitrogen and oxygen atoms in total. The smallest absolute Gasteiger partial charge is 0.268 e. The van der Waals surface area contributed by atoms with Crippen LogP contribution in [0.25, 0.3) is 0 Å². The lowest BCUT2D eigenvalue weighted by atomic mass is 10.3. The van der Waals surface area contributed by atoms with Crippen molar-refractivity contribution in [1.29, 1.82) is 0 Å².